The topological polar surface area (TPSA) is 3.24 Å². The Morgan fingerprint density at radius 2 is 1.13 bits per heavy atom. The van der Waals surface area contributed by atoms with Gasteiger partial charge in [0.15, 0.2) is 0 Å². The zero-order valence-electron chi connectivity index (χ0n) is 14.4. The molecule has 0 saturated carbocycles. The fourth-order valence-electron chi connectivity index (χ4n) is 3.18. The average Bonchev–Trinajstić information content (AvgIpc) is 2.57. The lowest BCUT2D eigenvalue weighted by molar-refractivity contribution is 0.267. The van der Waals surface area contributed by atoms with Crippen molar-refractivity contribution in [2.24, 2.45) is 0 Å². The fraction of sp³-hybridized carbons (Fsp3) is 0.429. The molecule has 2 aromatic carbocycles. The highest BCUT2D eigenvalue weighted by atomic mass is 35.5. The van der Waals surface area contributed by atoms with Gasteiger partial charge in [0.25, 0.3) is 0 Å². The summed E-state index contributed by atoms with van der Waals surface area (Å²) in [6.45, 7) is 8.15. The van der Waals surface area contributed by atoms with Crippen molar-refractivity contribution in [3.63, 3.8) is 0 Å². The molecule has 0 aliphatic carbocycles. The monoisotopic (exact) mass is 331 g/mol. The SMILES string of the molecule is CCCN(CCC)CCC(c1ccccc1)c1ccccc1.Cl. The van der Waals surface area contributed by atoms with E-state index in [0.717, 1.165) is 0 Å². The van der Waals surface area contributed by atoms with Crippen molar-refractivity contribution in [1.29, 1.82) is 0 Å². The first-order valence-corrected chi connectivity index (χ1v) is 8.67. The van der Waals surface area contributed by atoms with Crippen LogP contribution in [-0.2, 0) is 0 Å². The van der Waals surface area contributed by atoms with Crippen molar-refractivity contribution in [2.75, 3.05) is 19.6 Å². The molecule has 2 heteroatoms. The summed E-state index contributed by atoms with van der Waals surface area (Å²) in [4.78, 5) is 2.61. The lowest BCUT2D eigenvalue weighted by Crippen LogP contribution is -2.27. The number of nitrogens with zero attached hydrogens (tertiary/aromatic N) is 1. The molecule has 126 valence electrons. The summed E-state index contributed by atoms with van der Waals surface area (Å²) >= 11 is 0. The summed E-state index contributed by atoms with van der Waals surface area (Å²) < 4.78 is 0. The van der Waals surface area contributed by atoms with Gasteiger partial charge in [0.2, 0.25) is 0 Å². The summed E-state index contributed by atoms with van der Waals surface area (Å²) in [7, 11) is 0. The minimum atomic E-state index is 0. The fourth-order valence-corrected chi connectivity index (χ4v) is 3.18. The molecule has 23 heavy (non-hydrogen) atoms. The van der Waals surface area contributed by atoms with Crippen molar-refractivity contribution in [3.8, 4) is 0 Å². The Bertz CT molecular complexity index is 466. The smallest absolute Gasteiger partial charge is 0.0101 e. The molecule has 0 heterocycles. The highest BCUT2D eigenvalue weighted by Gasteiger charge is 2.15. The first-order chi connectivity index (χ1) is 10.8. The van der Waals surface area contributed by atoms with Crippen LogP contribution in [0.1, 0.15) is 50.2 Å². The van der Waals surface area contributed by atoms with E-state index < -0.39 is 0 Å². The van der Waals surface area contributed by atoms with Gasteiger partial charge in [-0.2, -0.15) is 0 Å². The predicted octanol–water partition coefficient (Wildman–Crippen LogP) is 5.75. The Morgan fingerprint density at radius 3 is 1.52 bits per heavy atom. The third-order valence-electron chi connectivity index (χ3n) is 4.22. The molecule has 2 rings (SSSR count). The zero-order chi connectivity index (χ0) is 15.6. The molecule has 1 nitrogen and oxygen atoms in total. The molecule has 0 aliphatic rings. The molecule has 0 bridgehead atoms. The maximum Gasteiger partial charge on any atom is 0.0101 e. The van der Waals surface area contributed by atoms with Gasteiger partial charge in [0.05, 0.1) is 0 Å². The molecule has 0 aromatic heterocycles. The van der Waals surface area contributed by atoms with E-state index in [1.165, 1.54) is 50.0 Å². The van der Waals surface area contributed by atoms with E-state index in [-0.39, 0.29) is 12.4 Å². The number of hydrogen-bond acceptors (Lipinski definition) is 1. The second kappa shape index (κ2) is 11.3. The van der Waals surface area contributed by atoms with E-state index in [0.29, 0.717) is 5.92 Å². The molecule has 0 spiro atoms. The van der Waals surface area contributed by atoms with Crippen molar-refractivity contribution >= 4 is 12.4 Å². The van der Waals surface area contributed by atoms with E-state index in [9.17, 15) is 0 Å². The molecular formula is C21H30ClN. The van der Waals surface area contributed by atoms with Gasteiger partial charge >= 0.3 is 0 Å². The van der Waals surface area contributed by atoms with Crippen LogP contribution in [0.25, 0.3) is 0 Å². The van der Waals surface area contributed by atoms with Gasteiger partial charge < -0.3 is 4.90 Å². The van der Waals surface area contributed by atoms with Gasteiger partial charge in [-0.05, 0) is 50.0 Å². The molecule has 0 fully saturated rings. The summed E-state index contributed by atoms with van der Waals surface area (Å²) in [5.74, 6) is 0.499. The number of halogens is 1. The highest BCUT2D eigenvalue weighted by Crippen LogP contribution is 2.28. The van der Waals surface area contributed by atoms with Crippen LogP contribution in [0, 0.1) is 0 Å². The molecule has 0 radical (unpaired) electrons. The summed E-state index contributed by atoms with van der Waals surface area (Å²) in [5, 5.41) is 0. The van der Waals surface area contributed by atoms with Crippen LogP contribution >= 0.6 is 12.4 Å². The van der Waals surface area contributed by atoms with Crippen LogP contribution in [0.15, 0.2) is 60.7 Å². The Hall–Kier alpha value is -1.31. The van der Waals surface area contributed by atoms with Crippen LogP contribution in [-0.4, -0.2) is 24.5 Å². The quantitative estimate of drug-likeness (QED) is 0.565. The van der Waals surface area contributed by atoms with Gasteiger partial charge in [-0.3, -0.25) is 0 Å². The van der Waals surface area contributed by atoms with Crippen LogP contribution < -0.4 is 0 Å². The standard InChI is InChI=1S/C21H29N.ClH/c1-3-16-22(17-4-2)18-15-21(19-11-7-5-8-12-19)20-13-9-6-10-14-20;/h5-14,21H,3-4,15-18H2,1-2H3;1H. The highest BCUT2D eigenvalue weighted by molar-refractivity contribution is 5.85. The molecular weight excluding hydrogens is 302 g/mol. The third kappa shape index (κ3) is 6.37. The molecule has 0 aliphatic heterocycles. The van der Waals surface area contributed by atoms with Gasteiger partial charge in [0.1, 0.15) is 0 Å². The Morgan fingerprint density at radius 1 is 0.696 bits per heavy atom. The molecule has 0 atom stereocenters. The second-order valence-corrected chi connectivity index (χ2v) is 6.00. The average molecular weight is 332 g/mol. The van der Waals surface area contributed by atoms with Crippen LogP contribution in [0.5, 0.6) is 0 Å². The molecule has 0 N–H and O–H groups in total. The van der Waals surface area contributed by atoms with Gasteiger partial charge in [-0.25, -0.2) is 0 Å². The Balaban J connectivity index is 0.00000264. The third-order valence-corrected chi connectivity index (χ3v) is 4.22. The van der Waals surface area contributed by atoms with Crippen molar-refractivity contribution < 1.29 is 0 Å². The van der Waals surface area contributed by atoms with Gasteiger partial charge in [-0.1, -0.05) is 74.5 Å². The maximum atomic E-state index is 2.61. The first kappa shape index (κ1) is 19.7. The Kier molecular flexibility index (Phi) is 9.66. The van der Waals surface area contributed by atoms with E-state index in [1.54, 1.807) is 0 Å². The van der Waals surface area contributed by atoms with E-state index in [2.05, 4.69) is 79.4 Å². The van der Waals surface area contributed by atoms with E-state index in [4.69, 9.17) is 0 Å². The lowest BCUT2D eigenvalue weighted by Gasteiger charge is -2.25. The van der Waals surface area contributed by atoms with Gasteiger partial charge in [0, 0.05) is 5.92 Å². The normalized spacial score (nSPS) is 10.8. The summed E-state index contributed by atoms with van der Waals surface area (Å²) in [5.41, 5.74) is 2.86. The molecule has 0 amide bonds. The predicted molar refractivity (Wildman–Crippen MR) is 104 cm³/mol. The number of rotatable bonds is 9. The minimum Gasteiger partial charge on any atom is -0.303 e. The Labute approximate surface area is 148 Å². The van der Waals surface area contributed by atoms with Crippen molar-refractivity contribution in [2.45, 2.75) is 39.0 Å². The second-order valence-electron chi connectivity index (χ2n) is 6.00. The van der Waals surface area contributed by atoms with Crippen LogP contribution in [0.4, 0.5) is 0 Å². The van der Waals surface area contributed by atoms with E-state index in [1.807, 2.05) is 0 Å². The first-order valence-electron chi connectivity index (χ1n) is 8.67. The van der Waals surface area contributed by atoms with Crippen molar-refractivity contribution in [3.05, 3.63) is 71.8 Å². The van der Waals surface area contributed by atoms with E-state index >= 15 is 0 Å². The zero-order valence-corrected chi connectivity index (χ0v) is 15.3. The largest absolute Gasteiger partial charge is 0.303 e. The lowest BCUT2D eigenvalue weighted by atomic mass is 9.88. The maximum absolute atomic E-state index is 2.61. The summed E-state index contributed by atoms with van der Waals surface area (Å²) in [6, 6.07) is 21.9. The summed E-state index contributed by atoms with van der Waals surface area (Å²) in [6.07, 6.45) is 3.66. The van der Waals surface area contributed by atoms with Crippen molar-refractivity contribution in [1.82, 2.24) is 4.90 Å². The number of hydrogen-bond donors (Lipinski definition) is 0. The molecule has 0 unspecified atom stereocenters. The van der Waals surface area contributed by atoms with Gasteiger partial charge in [-0.15, -0.1) is 12.4 Å². The number of benzene rings is 2. The van der Waals surface area contributed by atoms with Crippen LogP contribution in [0.3, 0.4) is 0 Å². The molecule has 2 aromatic rings. The molecule has 0 saturated heterocycles. The minimum absolute atomic E-state index is 0. The van der Waals surface area contributed by atoms with Crippen LogP contribution in [0.2, 0.25) is 0 Å².